The van der Waals surface area contributed by atoms with Crippen molar-refractivity contribution in [1.82, 2.24) is 4.90 Å². The van der Waals surface area contributed by atoms with Crippen LogP contribution in [0.1, 0.15) is 25.7 Å². The quantitative estimate of drug-likeness (QED) is 0.541. The minimum atomic E-state index is -1.15. The average Bonchev–Trinajstić information content (AvgIpc) is 2.93. The Morgan fingerprint density at radius 3 is 2.68 bits per heavy atom. The van der Waals surface area contributed by atoms with Gasteiger partial charge in [0, 0.05) is 18.1 Å². The number of allylic oxidation sites excluding steroid dienone is 1. The zero-order valence-electron chi connectivity index (χ0n) is 10.7. The summed E-state index contributed by atoms with van der Waals surface area (Å²) >= 11 is 0. The topological polar surface area (TPSA) is 87.1 Å². The van der Waals surface area contributed by atoms with Gasteiger partial charge in [-0.1, -0.05) is 6.08 Å². The van der Waals surface area contributed by atoms with Gasteiger partial charge in [0.25, 0.3) is 0 Å². The number of hydrogen-bond acceptors (Lipinski definition) is 3. The molecule has 1 aliphatic carbocycles. The smallest absolute Gasteiger partial charge is 0.408 e. The second-order valence-corrected chi connectivity index (χ2v) is 5.31. The molecule has 0 unspecified atom stereocenters. The maximum atomic E-state index is 11.1. The molecule has 6 heteroatoms. The number of rotatable bonds is 7. The Balaban J connectivity index is 1.88. The van der Waals surface area contributed by atoms with Crippen LogP contribution >= 0.6 is 0 Å². The summed E-state index contributed by atoms with van der Waals surface area (Å²) in [5.74, 6) is -1.07. The molecule has 1 saturated carbocycles. The van der Waals surface area contributed by atoms with E-state index in [1.807, 2.05) is 6.08 Å². The highest BCUT2D eigenvalue weighted by molar-refractivity contribution is 5.81. The number of aliphatic carboxylic acids is 1. The van der Waals surface area contributed by atoms with Crippen molar-refractivity contribution in [2.45, 2.75) is 37.8 Å². The summed E-state index contributed by atoms with van der Waals surface area (Å²) in [4.78, 5) is 23.3. The van der Waals surface area contributed by atoms with Crippen molar-refractivity contribution in [1.29, 1.82) is 0 Å². The number of ether oxygens (including phenoxy) is 1. The lowest BCUT2D eigenvalue weighted by Crippen LogP contribution is -2.42. The third-order valence-corrected chi connectivity index (χ3v) is 4.01. The molecule has 2 N–H and O–H groups in total. The molecule has 1 aliphatic heterocycles. The molecule has 6 nitrogen and oxygen atoms in total. The van der Waals surface area contributed by atoms with Crippen LogP contribution in [0.5, 0.6) is 0 Å². The Bertz CT molecular complexity index is 396. The molecule has 0 aromatic carbocycles. The fourth-order valence-corrected chi connectivity index (χ4v) is 2.93. The van der Waals surface area contributed by atoms with Gasteiger partial charge < -0.3 is 14.9 Å². The molecule has 1 heterocycles. The molecule has 2 rings (SSSR count). The van der Waals surface area contributed by atoms with E-state index in [9.17, 15) is 9.59 Å². The number of unbranched alkanes of at least 4 members (excludes halogenated alkanes) is 1. The van der Waals surface area contributed by atoms with Crippen molar-refractivity contribution < 1.29 is 24.5 Å². The predicted octanol–water partition coefficient (Wildman–Crippen LogP) is 1.56. The lowest BCUT2D eigenvalue weighted by atomic mass is 10.0. The van der Waals surface area contributed by atoms with Crippen molar-refractivity contribution in [3.05, 3.63) is 12.7 Å². The number of carboxylic acid groups (broad SMARTS) is 2. The van der Waals surface area contributed by atoms with Gasteiger partial charge >= 0.3 is 12.1 Å². The van der Waals surface area contributed by atoms with Crippen molar-refractivity contribution in [3.63, 3.8) is 0 Å². The molecule has 0 aromatic rings. The zero-order chi connectivity index (χ0) is 14.0. The van der Waals surface area contributed by atoms with E-state index < -0.39 is 18.1 Å². The van der Waals surface area contributed by atoms with E-state index in [-0.39, 0.29) is 11.5 Å². The number of carbonyl (C=O) groups is 2. The van der Waals surface area contributed by atoms with E-state index >= 15 is 0 Å². The molecule has 0 aromatic heterocycles. The van der Waals surface area contributed by atoms with Gasteiger partial charge in [-0.2, -0.15) is 0 Å². The Hall–Kier alpha value is -1.56. The highest BCUT2D eigenvalue weighted by Gasteiger charge is 2.67. The number of piperidine rings is 1. The number of hydrogen-bond donors (Lipinski definition) is 2. The number of nitrogens with zero attached hydrogens (tertiary/aromatic N) is 1. The van der Waals surface area contributed by atoms with E-state index in [0.29, 0.717) is 26.1 Å². The molecular weight excluding hydrogens is 250 g/mol. The van der Waals surface area contributed by atoms with E-state index in [2.05, 4.69) is 6.58 Å². The van der Waals surface area contributed by atoms with Gasteiger partial charge in [-0.05, 0) is 25.7 Å². The standard InChI is InChI=1S/C13H19NO5/c1-2-3-4-5-19-8-13-6-9(11(15)16)14(12(17)18)10(13)7-13/h2,9-10H,1,3-8H2,(H,15,16)(H,17,18)/t9-,10-,13+/m0/s1. The molecule has 1 saturated heterocycles. The normalized spacial score (nSPS) is 31.9. The number of carboxylic acids is 1. The minimum absolute atomic E-state index is 0.189. The Morgan fingerprint density at radius 2 is 2.16 bits per heavy atom. The Morgan fingerprint density at radius 1 is 1.42 bits per heavy atom. The van der Waals surface area contributed by atoms with Crippen LogP contribution in [0, 0.1) is 5.41 Å². The maximum absolute atomic E-state index is 11.1. The van der Waals surface area contributed by atoms with E-state index in [1.165, 1.54) is 0 Å². The molecule has 1 amide bonds. The SMILES string of the molecule is C=CCCCOC[C@@]12C[C@@H]1N(C(=O)O)[C@H](C(=O)O)C2. The monoisotopic (exact) mass is 269 g/mol. The predicted molar refractivity (Wildman–Crippen MR) is 67.0 cm³/mol. The summed E-state index contributed by atoms with van der Waals surface area (Å²) in [6.07, 6.45) is 3.52. The lowest BCUT2D eigenvalue weighted by Gasteiger charge is -2.20. The van der Waals surface area contributed by atoms with Gasteiger partial charge in [-0.3, -0.25) is 4.90 Å². The van der Waals surface area contributed by atoms with Crippen molar-refractivity contribution in [2.24, 2.45) is 5.41 Å². The second-order valence-electron chi connectivity index (χ2n) is 5.31. The fraction of sp³-hybridized carbons (Fsp3) is 0.692. The van der Waals surface area contributed by atoms with Crippen LogP contribution in [0.2, 0.25) is 0 Å². The first-order valence-corrected chi connectivity index (χ1v) is 6.44. The molecule has 19 heavy (non-hydrogen) atoms. The largest absolute Gasteiger partial charge is 0.480 e. The second kappa shape index (κ2) is 5.21. The molecule has 0 bridgehead atoms. The first-order valence-electron chi connectivity index (χ1n) is 6.44. The summed E-state index contributed by atoms with van der Waals surface area (Å²) in [6.45, 7) is 4.67. The molecule has 3 atom stereocenters. The van der Waals surface area contributed by atoms with E-state index in [4.69, 9.17) is 14.9 Å². The molecule has 0 radical (unpaired) electrons. The number of fused-ring (bicyclic) bond motifs is 1. The van der Waals surface area contributed by atoms with Crippen molar-refractivity contribution in [2.75, 3.05) is 13.2 Å². The highest BCUT2D eigenvalue weighted by atomic mass is 16.5. The van der Waals surface area contributed by atoms with Gasteiger partial charge in [0.2, 0.25) is 0 Å². The van der Waals surface area contributed by atoms with Gasteiger partial charge in [-0.15, -0.1) is 6.58 Å². The van der Waals surface area contributed by atoms with Gasteiger partial charge in [0.15, 0.2) is 0 Å². The Labute approximate surface area is 111 Å². The summed E-state index contributed by atoms with van der Waals surface area (Å²) in [6, 6.07) is -1.11. The van der Waals surface area contributed by atoms with Crippen LogP contribution in [0.4, 0.5) is 4.79 Å². The van der Waals surface area contributed by atoms with Crippen LogP contribution in [0.15, 0.2) is 12.7 Å². The van der Waals surface area contributed by atoms with Crippen LogP contribution < -0.4 is 0 Å². The molecular formula is C13H19NO5. The van der Waals surface area contributed by atoms with Gasteiger partial charge in [-0.25, -0.2) is 9.59 Å². The van der Waals surface area contributed by atoms with Crippen LogP contribution in [-0.4, -0.2) is 52.5 Å². The van der Waals surface area contributed by atoms with E-state index in [0.717, 1.165) is 17.7 Å². The summed E-state index contributed by atoms with van der Waals surface area (Å²) < 4.78 is 5.56. The van der Waals surface area contributed by atoms with Crippen LogP contribution in [0.25, 0.3) is 0 Å². The summed E-state index contributed by atoms with van der Waals surface area (Å²) in [7, 11) is 0. The molecule has 106 valence electrons. The number of amides is 1. The van der Waals surface area contributed by atoms with Gasteiger partial charge in [0.1, 0.15) is 6.04 Å². The highest BCUT2D eigenvalue weighted by Crippen LogP contribution is 2.59. The number of likely N-dealkylation sites (tertiary alicyclic amines) is 1. The van der Waals surface area contributed by atoms with Crippen molar-refractivity contribution in [3.8, 4) is 0 Å². The Kier molecular flexibility index (Phi) is 3.80. The first-order chi connectivity index (χ1) is 9.02. The average molecular weight is 269 g/mol. The lowest BCUT2D eigenvalue weighted by molar-refractivity contribution is -0.142. The third-order valence-electron chi connectivity index (χ3n) is 4.01. The molecule has 0 spiro atoms. The third kappa shape index (κ3) is 2.58. The minimum Gasteiger partial charge on any atom is -0.480 e. The van der Waals surface area contributed by atoms with Gasteiger partial charge in [0.05, 0.1) is 6.61 Å². The van der Waals surface area contributed by atoms with Crippen molar-refractivity contribution >= 4 is 12.1 Å². The first kappa shape index (κ1) is 13.9. The zero-order valence-corrected chi connectivity index (χ0v) is 10.7. The molecule has 2 fully saturated rings. The summed E-state index contributed by atoms with van der Waals surface area (Å²) in [5.41, 5.74) is -0.268. The molecule has 2 aliphatic rings. The van der Waals surface area contributed by atoms with E-state index in [1.54, 1.807) is 0 Å². The fourth-order valence-electron chi connectivity index (χ4n) is 2.93. The van der Waals surface area contributed by atoms with Crippen LogP contribution in [0.3, 0.4) is 0 Å². The maximum Gasteiger partial charge on any atom is 0.408 e. The summed E-state index contributed by atoms with van der Waals surface area (Å²) in [5, 5.41) is 18.2. The van der Waals surface area contributed by atoms with Crippen LogP contribution in [-0.2, 0) is 9.53 Å².